The molecule has 0 atom stereocenters. The van der Waals surface area contributed by atoms with Gasteiger partial charge in [-0.1, -0.05) is 6.07 Å². The van der Waals surface area contributed by atoms with Crippen molar-refractivity contribution in [3.8, 4) is 0 Å². The van der Waals surface area contributed by atoms with Crippen LogP contribution in [0.15, 0.2) is 24.4 Å². The summed E-state index contributed by atoms with van der Waals surface area (Å²) in [4.78, 5) is 6.76. The maximum Gasteiger partial charge on any atom is 0.0937 e. The van der Waals surface area contributed by atoms with Gasteiger partial charge in [-0.05, 0) is 38.1 Å². The Hall–Kier alpha value is -1.42. The lowest BCUT2D eigenvalue weighted by Crippen LogP contribution is -2.39. The number of aromatic nitrogens is 1. The molecule has 1 aliphatic heterocycles. The maximum atomic E-state index is 7.44. The summed E-state index contributed by atoms with van der Waals surface area (Å²) in [7, 11) is 0. The van der Waals surface area contributed by atoms with Gasteiger partial charge in [-0.25, -0.2) is 0 Å². The van der Waals surface area contributed by atoms with Crippen LogP contribution in [0.1, 0.15) is 18.5 Å². The molecule has 1 saturated heterocycles. The average molecular weight is 232 g/mol. The van der Waals surface area contributed by atoms with Crippen LogP contribution in [0.25, 0.3) is 0 Å². The molecule has 2 rings (SSSR count). The van der Waals surface area contributed by atoms with Crippen molar-refractivity contribution in [3.63, 3.8) is 0 Å². The second-order valence-electron chi connectivity index (χ2n) is 4.64. The van der Waals surface area contributed by atoms with E-state index in [4.69, 9.17) is 11.1 Å². The summed E-state index contributed by atoms with van der Waals surface area (Å²) in [6.07, 6.45) is 4.90. The normalized spacial score (nSPS) is 18.1. The summed E-state index contributed by atoms with van der Waals surface area (Å²) in [5.74, 6) is 0.662. The Balaban J connectivity index is 1.74. The van der Waals surface area contributed by atoms with E-state index in [1.54, 1.807) is 0 Å². The topological polar surface area (TPSA) is 66.0 Å². The maximum absolute atomic E-state index is 7.44. The molecule has 4 heteroatoms. The Labute approximate surface area is 102 Å². The van der Waals surface area contributed by atoms with Crippen LogP contribution in [-0.4, -0.2) is 35.4 Å². The smallest absolute Gasteiger partial charge is 0.0937 e. The minimum Gasteiger partial charge on any atom is -0.387 e. The molecule has 0 unspecified atom stereocenters. The number of piperidine rings is 1. The van der Waals surface area contributed by atoms with Crippen molar-refractivity contribution in [2.24, 2.45) is 11.7 Å². The quantitative estimate of drug-likeness (QED) is 0.607. The van der Waals surface area contributed by atoms with Gasteiger partial charge in [-0.2, -0.15) is 0 Å². The molecule has 0 bridgehead atoms. The van der Waals surface area contributed by atoms with Crippen molar-refractivity contribution >= 4 is 5.84 Å². The van der Waals surface area contributed by atoms with E-state index in [9.17, 15) is 0 Å². The van der Waals surface area contributed by atoms with Crippen LogP contribution >= 0.6 is 0 Å². The van der Waals surface area contributed by atoms with E-state index in [0.717, 1.165) is 44.6 Å². The largest absolute Gasteiger partial charge is 0.387 e. The molecule has 17 heavy (non-hydrogen) atoms. The highest BCUT2D eigenvalue weighted by molar-refractivity contribution is 5.79. The van der Waals surface area contributed by atoms with Crippen LogP contribution in [0.3, 0.4) is 0 Å². The monoisotopic (exact) mass is 232 g/mol. The molecule has 1 aromatic heterocycles. The molecule has 3 N–H and O–H groups in total. The van der Waals surface area contributed by atoms with Crippen LogP contribution < -0.4 is 5.73 Å². The summed E-state index contributed by atoms with van der Waals surface area (Å²) < 4.78 is 0. The summed E-state index contributed by atoms with van der Waals surface area (Å²) in [6, 6.07) is 6.05. The zero-order valence-electron chi connectivity index (χ0n) is 10.1. The van der Waals surface area contributed by atoms with Crippen LogP contribution in [0.4, 0.5) is 0 Å². The molecule has 2 heterocycles. The van der Waals surface area contributed by atoms with E-state index in [2.05, 4.69) is 16.0 Å². The molecule has 0 spiro atoms. The van der Waals surface area contributed by atoms with E-state index in [-0.39, 0.29) is 0 Å². The molecule has 92 valence electrons. The second-order valence-corrected chi connectivity index (χ2v) is 4.64. The minimum atomic E-state index is 0.307. The Bertz CT molecular complexity index is 355. The molecule has 1 fully saturated rings. The fourth-order valence-electron chi connectivity index (χ4n) is 2.29. The number of hydrogen-bond acceptors (Lipinski definition) is 3. The first-order valence-corrected chi connectivity index (χ1v) is 6.22. The molecular weight excluding hydrogens is 212 g/mol. The predicted molar refractivity (Wildman–Crippen MR) is 69.0 cm³/mol. The Kier molecular flexibility index (Phi) is 4.09. The molecule has 4 nitrogen and oxygen atoms in total. The molecule has 0 saturated carbocycles. The highest BCUT2D eigenvalue weighted by Crippen LogP contribution is 2.16. The SMILES string of the molecule is N=C(N)C1CCN(CCc2ccccn2)CC1. The van der Waals surface area contributed by atoms with Crippen LogP contribution in [-0.2, 0) is 6.42 Å². The van der Waals surface area contributed by atoms with Crippen LogP contribution in [0.5, 0.6) is 0 Å². The van der Waals surface area contributed by atoms with E-state index >= 15 is 0 Å². The number of likely N-dealkylation sites (tertiary alicyclic amines) is 1. The van der Waals surface area contributed by atoms with Crippen LogP contribution in [0.2, 0.25) is 0 Å². The Morgan fingerprint density at radius 2 is 2.18 bits per heavy atom. The number of nitrogens with two attached hydrogens (primary N) is 1. The number of nitrogens with zero attached hydrogens (tertiary/aromatic N) is 2. The molecule has 0 amide bonds. The van der Waals surface area contributed by atoms with Crippen molar-refractivity contribution in [2.75, 3.05) is 19.6 Å². The summed E-state index contributed by atoms with van der Waals surface area (Å²) in [5, 5.41) is 7.44. The number of nitrogens with one attached hydrogen (secondary N) is 1. The third-order valence-corrected chi connectivity index (χ3v) is 3.44. The van der Waals surface area contributed by atoms with Crippen LogP contribution in [0, 0.1) is 11.3 Å². The van der Waals surface area contributed by atoms with Gasteiger partial charge >= 0.3 is 0 Å². The van der Waals surface area contributed by atoms with Gasteiger partial charge < -0.3 is 10.6 Å². The van der Waals surface area contributed by atoms with Gasteiger partial charge in [0, 0.05) is 30.8 Å². The average Bonchev–Trinajstić information content (AvgIpc) is 2.38. The number of amidine groups is 1. The first-order chi connectivity index (χ1) is 8.25. The standard InChI is InChI=1S/C13H20N4/c14-13(15)11-4-8-17(9-5-11)10-6-12-3-1-2-7-16-12/h1-3,7,11H,4-6,8-10H2,(H3,14,15). The zero-order chi connectivity index (χ0) is 12.1. The summed E-state index contributed by atoms with van der Waals surface area (Å²) in [5.41, 5.74) is 6.69. The molecular formula is C13H20N4. The summed E-state index contributed by atoms with van der Waals surface area (Å²) in [6.45, 7) is 3.16. The molecule has 1 aliphatic rings. The zero-order valence-corrected chi connectivity index (χ0v) is 10.1. The third kappa shape index (κ3) is 3.53. The predicted octanol–water partition coefficient (Wildman–Crippen LogP) is 1.27. The highest BCUT2D eigenvalue weighted by atomic mass is 15.1. The van der Waals surface area contributed by atoms with Crippen molar-refractivity contribution in [1.82, 2.24) is 9.88 Å². The fourth-order valence-corrected chi connectivity index (χ4v) is 2.29. The lowest BCUT2D eigenvalue weighted by atomic mass is 9.96. The van der Waals surface area contributed by atoms with Gasteiger partial charge in [0.15, 0.2) is 0 Å². The Morgan fingerprint density at radius 1 is 1.41 bits per heavy atom. The first-order valence-electron chi connectivity index (χ1n) is 6.22. The first kappa shape index (κ1) is 12.0. The van der Waals surface area contributed by atoms with E-state index in [1.807, 2.05) is 18.3 Å². The van der Waals surface area contributed by atoms with Gasteiger partial charge in [0.05, 0.1) is 5.84 Å². The van der Waals surface area contributed by atoms with E-state index in [1.165, 1.54) is 0 Å². The van der Waals surface area contributed by atoms with Gasteiger partial charge in [0.2, 0.25) is 0 Å². The number of hydrogen-bond donors (Lipinski definition) is 2. The van der Waals surface area contributed by atoms with Gasteiger partial charge in [-0.15, -0.1) is 0 Å². The molecule has 0 aromatic carbocycles. The fraction of sp³-hybridized carbons (Fsp3) is 0.538. The minimum absolute atomic E-state index is 0.307. The van der Waals surface area contributed by atoms with Crippen molar-refractivity contribution in [3.05, 3.63) is 30.1 Å². The Morgan fingerprint density at radius 3 is 2.76 bits per heavy atom. The lowest BCUT2D eigenvalue weighted by molar-refractivity contribution is 0.210. The van der Waals surface area contributed by atoms with Gasteiger partial charge in [-0.3, -0.25) is 10.4 Å². The molecule has 1 aromatic rings. The molecule has 0 aliphatic carbocycles. The second kappa shape index (κ2) is 5.77. The van der Waals surface area contributed by atoms with E-state index in [0.29, 0.717) is 11.8 Å². The number of rotatable bonds is 4. The molecule has 0 radical (unpaired) electrons. The number of pyridine rings is 1. The van der Waals surface area contributed by atoms with Crippen molar-refractivity contribution < 1.29 is 0 Å². The van der Waals surface area contributed by atoms with Gasteiger partial charge in [0.1, 0.15) is 0 Å². The summed E-state index contributed by atoms with van der Waals surface area (Å²) >= 11 is 0. The highest BCUT2D eigenvalue weighted by Gasteiger charge is 2.20. The van der Waals surface area contributed by atoms with Crippen molar-refractivity contribution in [1.29, 1.82) is 5.41 Å². The van der Waals surface area contributed by atoms with Gasteiger partial charge in [0.25, 0.3) is 0 Å². The lowest BCUT2D eigenvalue weighted by Gasteiger charge is -2.31. The van der Waals surface area contributed by atoms with Crippen molar-refractivity contribution in [2.45, 2.75) is 19.3 Å². The third-order valence-electron chi connectivity index (χ3n) is 3.44. The van der Waals surface area contributed by atoms with E-state index < -0.39 is 0 Å².